The van der Waals surface area contributed by atoms with E-state index in [0.29, 0.717) is 19.1 Å². The summed E-state index contributed by atoms with van der Waals surface area (Å²) in [6.07, 6.45) is 11.3. The first-order valence-corrected chi connectivity index (χ1v) is 12.4. The van der Waals surface area contributed by atoms with Gasteiger partial charge in [-0.1, -0.05) is 30.7 Å². The lowest BCUT2D eigenvalue weighted by atomic mass is 9.68. The normalized spacial score (nSPS) is 38.0. The molecule has 5 rings (SSSR count). The Morgan fingerprint density at radius 3 is 2.47 bits per heavy atom. The molecule has 3 aliphatic heterocycles. The molecule has 3 saturated heterocycles. The maximum Gasteiger partial charge on any atom is 0.227 e. The molecule has 164 valence electrons. The van der Waals surface area contributed by atoms with Crippen molar-refractivity contribution >= 4 is 5.91 Å². The molecule has 30 heavy (non-hydrogen) atoms. The zero-order valence-electron chi connectivity index (χ0n) is 18.6. The van der Waals surface area contributed by atoms with Gasteiger partial charge in [-0.3, -0.25) is 9.69 Å². The number of rotatable bonds is 3. The highest BCUT2D eigenvalue weighted by molar-refractivity contribution is 5.86. The van der Waals surface area contributed by atoms with Crippen LogP contribution in [0.15, 0.2) is 24.3 Å². The summed E-state index contributed by atoms with van der Waals surface area (Å²) in [5.41, 5.74) is 2.53. The Labute approximate surface area is 181 Å². The number of hydrogen-bond acceptors (Lipinski definition) is 3. The summed E-state index contributed by atoms with van der Waals surface area (Å²) in [6.45, 7) is 5.93. The van der Waals surface area contributed by atoms with E-state index in [1.807, 2.05) is 0 Å². The van der Waals surface area contributed by atoms with Crippen LogP contribution in [-0.2, 0) is 9.53 Å². The standard InChI is InChI=1S/C26H38N2O2/c1-19-4-2-3-16-28(19)23-11-9-21(10-12-23)20-5-7-22(8-6-20)24-18-30-17-14-26(24)13-15-27-25(26)29/h5-8,19,21,23-24H,2-4,9-18H2,1H3,(H,27,29)/t19-,21?,23?,24?,26?/m0/s1. The lowest BCUT2D eigenvalue weighted by Gasteiger charge is -2.43. The predicted octanol–water partition coefficient (Wildman–Crippen LogP) is 4.60. The highest BCUT2D eigenvalue weighted by atomic mass is 16.5. The largest absolute Gasteiger partial charge is 0.381 e. The van der Waals surface area contributed by atoms with Crippen LogP contribution in [0.4, 0.5) is 0 Å². The number of nitrogens with zero attached hydrogens (tertiary/aromatic N) is 1. The Morgan fingerprint density at radius 1 is 1.00 bits per heavy atom. The maximum atomic E-state index is 12.7. The lowest BCUT2D eigenvalue weighted by molar-refractivity contribution is -0.134. The van der Waals surface area contributed by atoms with Crippen molar-refractivity contribution in [2.24, 2.45) is 5.41 Å². The van der Waals surface area contributed by atoms with Crippen molar-refractivity contribution in [2.75, 3.05) is 26.3 Å². The van der Waals surface area contributed by atoms with Crippen LogP contribution in [0.25, 0.3) is 0 Å². The van der Waals surface area contributed by atoms with Crippen molar-refractivity contribution < 1.29 is 9.53 Å². The van der Waals surface area contributed by atoms with Crippen LogP contribution >= 0.6 is 0 Å². The smallest absolute Gasteiger partial charge is 0.227 e. The van der Waals surface area contributed by atoms with Crippen LogP contribution in [0, 0.1) is 5.41 Å². The minimum atomic E-state index is -0.247. The number of carbonyl (C=O) groups is 1. The number of likely N-dealkylation sites (tertiary alicyclic amines) is 1. The van der Waals surface area contributed by atoms with Gasteiger partial charge in [-0.25, -0.2) is 0 Å². The predicted molar refractivity (Wildman–Crippen MR) is 120 cm³/mol. The summed E-state index contributed by atoms with van der Waals surface area (Å²) in [5, 5.41) is 3.08. The fraction of sp³-hybridized carbons (Fsp3) is 0.731. The van der Waals surface area contributed by atoms with Crippen LogP contribution in [-0.4, -0.2) is 49.2 Å². The monoisotopic (exact) mass is 410 g/mol. The van der Waals surface area contributed by atoms with Gasteiger partial charge in [-0.15, -0.1) is 0 Å². The van der Waals surface area contributed by atoms with E-state index in [2.05, 4.69) is 41.4 Å². The average Bonchev–Trinajstić information content (AvgIpc) is 3.15. The molecule has 1 N–H and O–H groups in total. The second kappa shape index (κ2) is 8.63. The number of piperidine rings is 1. The highest BCUT2D eigenvalue weighted by Crippen LogP contribution is 2.47. The molecule has 4 heteroatoms. The Kier molecular flexibility index (Phi) is 5.90. The van der Waals surface area contributed by atoms with Gasteiger partial charge in [-0.2, -0.15) is 0 Å². The SMILES string of the molecule is C[C@H]1CCCCN1C1CCC(c2ccc(C3COCCC34CCNC4=O)cc2)CC1. The van der Waals surface area contributed by atoms with E-state index in [4.69, 9.17) is 4.74 Å². The molecule has 1 amide bonds. The molecule has 1 aromatic carbocycles. The van der Waals surface area contributed by atoms with E-state index in [9.17, 15) is 4.79 Å². The Hall–Kier alpha value is -1.39. The van der Waals surface area contributed by atoms with Gasteiger partial charge in [0, 0.05) is 31.2 Å². The summed E-state index contributed by atoms with van der Waals surface area (Å²) in [5.74, 6) is 1.13. The van der Waals surface area contributed by atoms with Crippen LogP contribution < -0.4 is 5.32 Å². The van der Waals surface area contributed by atoms with E-state index in [1.54, 1.807) is 0 Å². The zero-order valence-corrected chi connectivity index (χ0v) is 18.6. The number of benzene rings is 1. The van der Waals surface area contributed by atoms with Gasteiger partial charge in [0.2, 0.25) is 5.91 Å². The number of carbonyl (C=O) groups excluding carboxylic acids is 1. The van der Waals surface area contributed by atoms with Crippen molar-refractivity contribution in [1.29, 1.82) is 0 Å². The third-order valence-corrected chi connectivity index (χ3v) is 8.78. The van der Waals surface area contributed by atoms with Crippen molar-refractivity contribution in [3.63, 3.8) is 0 Å². The fourth-order valence-corrected chi connectivity index (χ4v) is 6.87. The highest BCUT2D eigenvalue weighted by Gasteiger charge is 2.50. The van der Waals surface area contributed by atoms with Gasteiger partial charge >= 0.3 is 0 Å². The van der Waals surface area contributed by atoms with E-state index >= 15 is 0 Å². The van der Waals surface area contributed by atoms with Crippen LogP contribution in [0.1, 0.15) is 87.7 Å². The second-order valence-corrected chi connectivity index (χ2v) is 10.3. The van der Waals surface area contributed by atoms with E-state index in [-0.39, 0.29) is 17.2 Å². The van der Waals surface area contributed by atoms with Gasteiger partial charge in [-0.05, 0) is 81.9 Å². The molecule has 1 aromatic rings. The van der Waals surface area contributed by atoms with E-state index in [1.165, 1.54) is 62.6 Å². The molecule has 0 radical (unpaired) electrons. The number of amides is 1. The molecule has 1 spiro atoms. The molecule has 3 atom stereocenters. The summed E-state index contributed by atoms with van der Waals surface area (Å²) in [7, 11) is 0. The van der Waals surface area contributed by atoms with Gasteiger partial charge in [0.05, 0.1) is 12.0 Å². The first-order valence-electron chi connectivity index (χ1n) is 12.4. The van der Waals surface area contributed by atoms with Crippen LogP contribution in [0.3, 0.4) is 0 Å². The summed E-state index contributed by atoms with van der Waals surface area (Å²) < 4.78 is 5.81. The number of nitrogens with one attached hydrogen (secondary N) is 1. The molecule has 1 aliphatic carbocycles. The molecule has 0 bridgehead atoms. The van der Waals surface area contributed by atoms with Crippen molar-refractivity contribution in [3.05, 3.63) is 35.4 Å². The van der Waals surface area contributed by atoms with Gasteiger partial charge in [0.1, 0.15) is 0 Å². The minimum Gasteiger partial charge on any atom is -0.381 e. The molecule has 0 aromatic heterocycles. The first-order chi connectivity index (χ1) is 14.7. The molecular formula is C26H38N2O2. The van der Waals surface area contributed by atoms with Crippen molar-refractivity contribution in [2.45, 2.75) is 88.6 Å². The zero-order chi connectivity index (χ0) is 20.6. The van der Waals surface area contributed by atoms with Gasteiger partial charge in [0.15, 0.2) is 0 Å². The molecule has 2 unspecified atom stereocenters. The van der Waals surface area contributed by atoms with Crippen LogP contribution in [0.2, 0.25) is 0 Å². The van der Waals surface area contributed by atoms with Gasteiger partial charge in [0.25, 0.3) is 0 Å². The third-order valence-electron chi connectivity index (χ3n) is 8.78. The van der Waals surface area contributed by atoms with Crippen LogP contribution in [0.5, 0.6) is 0 Å². The molecule has 4 fully saturated rings. The quantitative estimate of drug-likeness (QED) is 0.792. The Bertz CT molecular complexity index is 740. The third kappa shape index (κ3) is 3.71. The van der Waals surface area contributed by atoms with Crippen molar-refractivity contribution in [3.8, 4) is 0 Å². The van der Waals surface area contributed by atoms with E-state index in [0.717, 1.165) is 31.5 Å². The molecule has 1 saturated carbocycles. The van der Waals surface area contributed by atoms with Gasteiger partial charge < -0.3 is 10.1 Å². The number of ether oxygens (including phenoxy) is 1. The lowest BCUT2D eigenvalue weighted by Crippen LogP contribution is -2.46. The molecule has 3 heterocycles. The summed E-state index contributed by atoms with van der Waals surface area (Å²) in [6, 6.07) is 10.9. The Morgan fingerprint density at radius 2 is 1.77 bits per heavy atom. The first kappa shape index (κ1) is 20.5. The van der Waals surface area contributed by atoms with Crippen molar-refractivity contribution in [1.82, 2.24) is 10.2 Å². The van der Waals surface area contributed by atoms with E-state index < -0.39 is 0 Å². The number of hydrogen-bond donors (Lipinski definition) is 1. The molecule has 4 nitrogen and oxygen atoms in total. The molecular weight excluding hydrogens is 372 g/mol. The molecule has 4 aliphatic rings. The maximum absolute atomic E-state index is 12.7. The topological polar surface area (TPSA) is 41.6 Å². The fourth-order valence-electron chi connectivity index (χ4n) is 6.87. The average molecular weight is 411 g/mol. The summed E-state index contributed by atoms with van der Waals surface area (Å²) >= 11 is 0. The minimum absolute atomic E-state index is 0.194. The Balaban J connectivity index is 1.24. The summed E-state index contributed by atoms with van der Waals surface area (Å²) in [4.78, 5) is 15.5. The second-order valence-electron chi connectivity index (χ2n) is 10.3.